The van der Waals surface area contributed by atoms with Gasteiger partial charge in [-0.2, -0.15) is 5.26 Å². The van der Waals surface area contributed by atoms with Crippen LogP contribution in [0.5, 0.6) is 0 Å². The third-order valence-electron chi connectivity index (χ3n) is 4.09. The second-order valence-electron chi connectivity index (χ2n) is 5.78. The lowest BCUT2D eigenvalue weighted by atomic mass is 9.86. The van der Waals surface area contributed by atoms with E-state index in [4.69, 9.17) is 23.2 Å². The van der Waals surface area contributed by atoms with Crippen molar-refractivity contribution in [2.24, 2.45) is 5.92 Å². The normalized spacial score (nSPS) is 21.4. The zero-order valence-electron chi connectivity index (χ0n) is 12.9. The molecule has 1 saturated carbocycles. The summed E-state index contributed by atoms with van der Waals surface area (Å²) in [4.78, 5) is 12.2. The van der Waals surface area contributed by atoms with Gasteiger partial charge in [0, 0.05) is 17.3 Å². The maximum absolute atomic E-state index is 12.2. The van der Waals surface area contributed by atoms with Crippen molar-refractivity contribution in [3.8, 4) is 6.07 Å². The summed E-state index contributed by atoms with van der Waals surface area (Å²) >= 11 is 11.9. The summed E-state index contributed by atoms with van der Waals surface area (Å²) < 4.78 is 0. The highest BCUT2D eigenvalue weighted by molar-refractivity contribution is 6.35. The van der Waals surface area contributed by atoms with E-state index in [1.807, 2.05) is 6.07 Å². The van der Waals surface area contributed by atoms with Crippen LogP contribution < -0.4 is 10.6 Å². The number of hydrogen-bond acceptors (Lipinski definition) is 3. The highest BCUT2D eigenvalue weighted by Crippen LogP contribution is 2.26. The molecule has 0 radical (unpaired) electrons. The van der Waals surface area contributed by atoms with Crippen molar-refractivity contribution in [2.75, 3.05) is 5.32 Å². The van der Waals surface area contributed by atoms with E-state index in [1.54, 1.807) is 18.2 Å². The molecule has 0 aromatic heterocycles. The maximum Gasteiger partial charge on any atom is 0.267 e. The van der Waals surface area contributed by atoms with Gasteiger partial charge < -0.3 is 10.6 Å². The summed E-state index contributed by atoms with van der Waals surface area (Å²) in [6, 6.07) is 7.00. The van der Waals surface area contributed by atoms with Gasteiger partial charge in [0.2, 0.25) is 0 Å². The van der Waals surface area contributed by atoms with E-state index >= 15 is 0 Å². The van der Waals surface area contributed by atoms with Crippen LogP contribution in [-0.4, -0.2) is 11.9 Å². The van der Waals surface area contributed by atoms with Crippen molar-refractivity contribution < 1.29 is 4.79 Å². The minimum Gasteiger partial charge on any atom is -0.387 e. The summed E-state index contributed by atoms with van der Waals surface area (Å²) in [5.74, 6) is 0.0259. The Kier molecular flexibility index (Phi) is 6.32. The highest BCUT2D eigenvalue weighted by Gasteiger charge is 2.20. The van der Waals surface area contributed by atoms with Gasteiger partial charge in [-0.05, 0) is 37.0 Å². The number of anilines is 1. The maximum atomic E-state index is 12.2. The van der Waals surface area contributed by atoms with Crippen LogP contribution in [0.2, 0.25) is 10.0 Å². The Morgan fingerprint density at radius 1 is 1.35 bits per heavy atom. The van der Waals surface area contributed by atoms with Gasteiger partial charge in [0.05, 0.1) is 10.7 Å². The Morgan fingerprint density at radius 3 is 2.78 bits per heavy atom. The molecule has 2 atom stereocenters. The van der Waals surface area contributed by atoms with Crippen molar-refractivity contribution in [2.45, 2.75) is 38.6 Å². The van der Waals surface area contributed by atoms with Crippen molar-refractivity contribution in [3.05, 3.63) is 40.0 Å². The number of amides is 1. The van der Waals surface area contributed by atoms with Crippen LogP contribution in [-0.2, 0) is 4.79 Å². The van der Waals surface area contributed by atoms with Gasteiger partial charge in [-0.1, -0.05) is 43.0 Å². The molecule has 2 rings (SSSR count). The zero-order chi connectivity index (χ0) is 16.8. The first-order valence-electron chi connectivity index (χ1n) is 7.64. The summed E-state index contributed by atoms with van der Waals surface area (Å²) in [5.41, 5.74) is 0.398. The van der Waals surface area contributed by atoms with Crippen LogP contribution >= 0.6 is 23.2 Å². The van der Waals surface area contributed by atoms with Crippen LogP contribution in [0.4, 0.5) is 5.69 Å². The predicted octanol–water partition coefficient (Wildman–Crippen LogP) is 4.51. The standard InChI is InChI=1S/C17H19Cl2N3O/c1-11-4-2-3-5-15(11)21-10-12(9-20)17(23)22-16-8-13(18)6-7-14(16)19/h6-8,10-11,15,21H,2-5H2,1H3,(H,22,23)/b12-10-. The molecule has 1 aromatic rings. The molecular weight excluding hydrogens is 333 g/mol. The number of hydrogen-bond donors (Lipinski definition) is 2. The minimum absolute atomic E-state index is 0.0128. The van der Waals surface area contributed by atoms with Gasteiger partial charge in [0.1, 0.15) is 11.6 Å². The Hall–Kier alpha value is -1.70. The first kappa shape index (κ1) is 17.7. The number of carbonyl (C=O) groups is 1. The van der Waals surface area contributed by atoms with Crippen molar-refractivity contribution in [1.82, 2.24) is 5.32 Å². The fourth-order valence-corrected chi connectivity index (χ4v) is 3.02. The molecule has 2 unspecified atom stereocenters. The summed E-state index contributed by atoms with van der Waals surface area (Å²) in [6.07, 6.45) is 6.13. The number of carbonyl (C=O) groups excluding carboxylic acids is 1. The molecule has 1 aromatic carbocycles. The topological polar surface area (TPSA) is 64.9 Å². The average Bonchev–Trinajstić information content (AvgIpc) is 2.53. The molecule has 1 aliphatic carbocycles. The SMILES string of the molecule is CC1CCCCC1N/C=C(/C#N)C(=O)Nc1cc(Cl)ccc1Cl. The van der Waals surface area contributed by atoms with E-state index in [1.165, 1.54) is 19.0 Å². The first-order valence-corrected chi connectivity index (χ1v) is 8.39. The van der Waals surface area contributed by atoms with Gasteiger partial charge in [0.15, 0.2) is 0 Å². The Bertz CT molecular complexity index is 652. The van der Waals surface area contributed by atoms with Crippen LogP contribution in [0.3, 0.4) is 0 Å². The lowest BCUT2D eigenvalue weighted by Gasteiger charge is -2.29. The Labute approximate surface area is 146 Å². The van der Waals surface area contributed by atoms with Gasteiger partial charge in [-0.3, -0.25) is 4.79 Å². The summed E-state index contributed by atoms with van der Waals surface area (Å²) in [6.45, 7) is 2.18. The molecule has 0 bridgehead atoms. The van der Waals surface area contributed by atoms with E-state index in [2.05, 4.69) is 17.6 Å². The van der Waals surface area contributed by atoms with E-state index < -0.39 is 5.91 Å². The molecule has 0 heterocycles. The molecule has 23 heavy (non-hydrogen) atoms. The molecule has 1 aliphatic rings. The molecule has 0 aliphatic heterocycles. The number of benzene rings is 1. The molecular formula is C17H19Cl2N3O. The largest absolute Gasteiger partial charge is 0.387 e. The molecule has 0 saturated heterocycles. The molecule has 6 heteroatoms. The van der Waals surface area contributed by atoms with Crippen molar-refractivity contribution >= 4 is 34.8 Å². The molecule has 1 amide bonds. The number of nitrogens with one attached hydrogen (secondary N) is 2. The van der Waals surface area contributed by atoms with Crippen LogP contribution in [0.1, 0.15) is 32.6 Å². The second kappa shape index (κ2) is 8.24. The molecule has 1 fully saturated rings. The van der Waals surface area contributed by atoms with Gasteiger partial charge >= 0.3 is 0 Å². The van der Waals surface area contributed by atoms with Gasteiger partial charge in [0.25, 0.3) is 5.91 Å². The predicted molar refractivity (Wildman–Crippen MR) is 93.3 cm³/mol. The number of rotatable bonds is 4. The van der Waals surface area contributed by atoms with Crippen LogP contribution in [0, 0.1) is 17.2 Å². The van der Waals surface area contributed by atoms with Crippen molar-refractivity contribution in [1.29, 1.82) is 5.26 Å². The number of halogens is 2. The average molecular weight is 352 g/mol. The van der Waals surface area contributed by atoms with E-state index in [0.29, 0.717) is 27.7 Å². The second-order valence-corrected chi connectivity index (χ2v) is 6.63. The van der Waals surface area contributed by atoms with E-state index in [-0.39, 0.29) is 5.57 Å². The van der Waals surface area contributed by atoms with Crippen LogP contribution in [0.15, 0.2) is 30.0 Å². The third-order valence-corrected chi connectivity index (χ3v) is 4.66. The lowest BCUT2D eigenvalue weighted by molar-refractivity contribution is -0.112. The molecule has 2 N–H and O–H groups in total. The van der Waals surface area contributed by atoms with E-state index in [0.717, 1.165) is 12.8 Å². The number of nitrogens with zero attached hydrogens (tertiary/aromatic N) is 1. The van der Waals surface area contributed by atoms with Crippen molar-refractivity contribution in [3.63, 3.8) is 0 Å². The minimum atomic E-state index is -0.507. The first-order chi connectivity index (χ1) is 11.0. The number of nitriles is 1. The lowest BCUT2D eigenvalue weighted by Crippen LogP contribution is -2.34. The monoisotopic (exact) mass is 351 g/mol. The molecule has 122 valence electrons. The quantitative estimate of drug-likeness (QED) is 0.619. The van der Waals surface area contributed by atoms with E-state index in [9.17, 15) is 10.1 Å². The summed E-state index contributed by atoms with van der Waals surface area (Å²) in [5, 5.41) is 15.9. The smallest absolute Gasteiger partial charge is 0.267 e. The van der Waals surface area contributed by atoms with Gasteiger partial charge in [-0.15, -0.1) is 0 Å². The zero-order valence-corrected chi connectivity index (χ0v) is 14.4. The summed E-state index contributed by atoms with van der Waals surface area (Å²) in [7, 11) is 0. The Balaban J connectivity index is 2.04. The molecule has 4 nitrogen and oxygen atoms in total. The fourth-order valence-electron chi connectivity index (χ4n) is 2.69. The fraction of sp³-hybridized carbons (Fsp3) is 0.412. The van der Waals surface area contributed by atoms with Gasteiger partial charge in [-0.25, -0.2) is 0 Å². The Morgan fingerprint density at radius 2 is 2.09 bits per heavy atom. The third kappa shape index (κ3) is 4.89. The highest BCUT2D eigenvalue weighted by atomic mass is 35.5. The molecule has 0 spiro atoms. The van der Waals surface area contributed by atoms with Crippen LogP contribution in [0.25, 0.3) is 0 Å².